The molecule has 6 heteroatoms. The number of likely N-dealkylation sites (N-methyl/N-ethyl adjacent to an activating group) is 1. The fourth-order valence-corrected chi connectivity index (χ4v) is 2.72. The average molecular weight is 324 g/mol. The first-order valence-electron chi connectivity index (χ1n) is 7.86. The Bertz CT molecular complexity index is 864. The zero-order valence-corrected chi connectivity index (χ0v) is 13.5. The number of aromatic nitrogens is 3. The van der Waals surface area contributed by atoms with Gasteiger partial charge in [0.05, 0.1) is 18.0 Å². The van der Waals surface area contributed by atoms with Crippen molar-refractivity contribution in [1.29, 1.82) is 0 Å². The second kappa shape index (κ2) is 7.33. The fraction of sp³-hybridized carbons (Fsp3) is 0.278. The van der Waals surface area contributed by atoms with Gasteiger partial charge >= 0.3 is 0 Å². The summed E-state index contributed by atoms with van der Waals surface area (Å²) in [7, 11) is 1.94. The third kappa shape index (κ3) is 3.84. The number of fused-ring (bicyclic) bond motifs is 1. The maximum absolute atomic E-state index is 12.4. The summed E-state index contributed by atoms with van der Waals surface area (Å²) < 4.78 is 1.23. The summed E-state index contributed by atoms with van der Waals surface area (Å²) in [5, 5.41) is 18.7. The summed E-state index contributed by atoms with van der Waals surface area (Å²) >= 11 is 0. The van der Waals surface area contributed by atoms with Gasteiger partial charge in [0.2, 0.25) is 0 Å². The molecule has 0 spiro atoms. The second-order valence-electron chi connectivity index (χ2n) is 5.93. The van der Waals surface area contributed by atoms with Gasteiger partial charge in [0, 0.05) is 13.1 Å². The van der Waals surface area contributed by atoms with Crippen molar-refractivity contribution >= 4 is 10.9 Å². The lowest BCUT2D eigenvalue weighted by atomic mass is 10.2. The summed E-state index contributed by atoms with van der Waals surface area (Å²) in [6.07, 6.45) is -0.702. The Morgan fingerprint density at radius 2 is 1.83 bits per heavy atom. The van der Waals surface area contributed by atoms with E-state index in [1.165, 1.54) is 10.2 Å². The molecule has 0 saturated carbocycles. The van der Waals surface area contributed by atoms with Crippen molar-refractivity contribution in [3.05, 3.63) is 70.5 Å². The Hall–Kier alpha value is -2.57. The predicted octanol–water partition coefficient (Wildman–Crippen LogP) is 1.28. The van der Waals surface area contributed by atoms with Crippen molar-refractivity contribution in [3.63, 3.8) is 0 Å². The molecule has 124 valence electrons. The van der Waals surface area contributed by atoms with Crippen LogP contribution < -0.4 is 5.56 Å². The van der Waals surface area contributed by atoms with Gasteiger partial charge in [-0.25, -0.2) is 4.68 Å². The van der Waals surface area contributed by atoms with Crippen molar-refractivity contribution in [2.75, 3.05) is 13.6 Å². The van der Waals surface area contributed by atoms with E-state index in [2.05, 4.69) is 10.3 Å². The molecule has 2 aromatic carbocycles. The van der Waals surface area contributed by atoms with E-state index in [0.717, 1.165) is 6.54 Å². The highest BCUT2D eigenvalue weighted by Gasteiger charge is 2.13. The smallest absolute Gasteiger partial charge is 0.277 e. The summed E-state index contributed by atoms with van der Waals surface area (Å²) in [6.45, 7) is 1.29. The van der Waals surface area contributed by atoms with E-state index in [9.17, 15) is 9.90 Å². The first-order chi connectivity index (χ1) is 11.6. The van der Waals surface area contributed by atoms with Crippen molar-refractivity contribution < 1.29 is 5.11 Å². The van der Waals surface area contributed by atoms with Gasteiger partial charge in [-0.1, -0.05) is 47.7 Å². The number of nitrogens with zero attached hydrogens (tertiary/aromatic N) is 4. The van der Waals surface area contributed by atoms with Crippen molar-refractivity contribution in [2.24, 2.45) is 0 Å². The minimum Gasteiger partial charge on any atom is -0.390 e. The number of hydrogen-bond acceptors (Lipinski definition) is 5. The standard InChI is InChI=1S/C18H20N4O2/c1-21(11-14-7-3-2-4-8-14)12-15(23)13-22-18(24)16-9-5-6-10-17(16)19-20-22/h2-10,15,23H,11-13H2,1H3/t15-/m1/s1. The highest BCUT2D eigenvalue weighted by molar-refractivity contribution is 5.76. The zero-order valence-electron chi connectivity index (χ0n) is 13.5. The third-order valence-corrected chi connectivity index (χ3v) is 3.83. The summed E-state index contributed by atoms with van der Waals surface area (Å²) in [5.74, 6) is 0. The molecule has 0 aliphatic heterocycles. The number of rotatable bonds is 6. The van der Waals surface area contributed by atoms with Gasteiger partial charge in [-0.3, -0.25) is 9.69 Å². The van der Waals surface area contributed by atoms with Gasteiger partial charge in [0.15, 0.2) is 0 Å². The van der Waals surface area contributed by atoms with Gasteiger partial charge in [-0.2, -0.15) is 0 Å². The minimum atomic E-state index is -0.702. The topological polar surface area (TPSA) is 71.2 Å². The van der Waals surface area contributed by atoms with Crippen LogP contribution in [0, 0.1) is 0 Å². The van der Waals surface area contributed by atoms with Crippen LogP contribution in [0.1, 0.15) is 5.56 Å². The number of aliphatic hydroxyl groups excluding tert-OH is 1. The SMILES string of the molecule is CN(Cc1ccccc1)C[C@@H](O)Cn1nnc2ccccc2c1=O. The minimum absolute atomic E-state index is 0.121. The molecule has 0 amide bonds. The fourth-order valence-electron chi connectivity index (χ4n) is 2.72. The van der Waals surface area contributed by atoms with Crippen LogP contribution >= 0.6 is 0 Å². The molecule has 3 rings (SSSR count). The number of hydrogen-bond donors (Lipinski definition) is 1. The van der Waals surface area contributed by atoms with E-state index in [4.69, 9.17) is 0 Å². The molecule has 24 heavy (non-hydrogen) atoms. The van der Waals surface area contributed by atoms with Gasteiger partial charge in [0.25, 0.3) is 5.56 Å². The normalized spacial score (nSPS) is 12.6. The average Bonchev–Trinajstić information content (AvgIpc) is 2.58. The molecule has 0 saturated heterocycles. The quantitative estimate of drug-likeness (QED) is 0.740. The number of benzene rings is 2. The Morgan fingerprint density at radius 3 is 2.62 bits per heavy atom. The lowest BCUT2D eigenvalue weighted by Crippen LogP contribution is -2.36. The molecule has 0 bridgehead atoms. The largest absolute Gasteiger partial charge is 0.390 e. The molecule has 3 aromatic rings. The molecule has 0 fully saturated rings. The lowest BCUT2D eigenvalue weighted by Gasteiger charge is -2.20. The van der Waals surface area contributed by atoms with Crippen LogP contribution in [0.4, 0.5) is 0 Å². The van der Waals surface area contributed by atoms with Crippen LogP contribution in [0.2, 0.25) is 0 Å². The monoisotopic (exact) mass is 324 g/mol. The molecule has 0 aliphatic carbocycles. The molecule has 0 radical (unpaired) electrons. The second-order valence-corrected chi connectivity index (χ2v) is 5.93. The summed E-state index contributed by atoms with van der Waals surface area (Å²) in [6, 6.07) is 17.1. The zero-order chi connectivity index (χ0) is 16.9. The van der Waals surface area contributed by atoms with Crippen LogP contribution in [-0.2, 0) is 13.1 Å². The molecule has 6 nitrogen and oxygen atoms in total. The molecular formula is C18H20N4O2. The van der Waals surface area contributed by atoms with Crippen molar-refractivity contribution in [1.82, 2.24) is 19.9 Å². The van der Waals surface area contributed by atoms with Crippen LogP contribution in [0.3, 0.4) is 0 Å². The molecule has 0 aliphatic rings. The van der Waals surface area contributed by atoms with E-state index >= 15 is 0 Å². The first-order valence-corrected chi connectivity index (χ1v) is 7.86. The Labute approximate surface area is 140 Å². The van der Waals surface area contributed by atoms with Crippen LogP contribution in [-0.4, -0.2) is 44.7 Å². The van der Waals surface area contributed by atoms with E-state index < -0.39 is 6.10 Å². The first kappa shape index (κ1) is 16.3. The Kier molecular flexibility index (Phi) is 4.98. The van der Waals surface area contributed by atoms with Gasteiger partial charge in [-0.15, -0.1) is 5.10 Å². The number of aliphatic hydroxyl groups is 1. The molecule has 1 aromatic heterocycles. The van der Waals surface area contributed by atoms with Crippen LogP contribution in [0.5, 0.6) is 0 Å². The molecule has 1 atom stereocenters. The van der Waals surface area contributed by atoms with E-state index in [0.29, 0.717) is 17.4 Å². The van der Waals surface area contributed by atoms with E-state index in [1.54, 1.807) is 18.2 Å². The Balaban J connectivity index is 1.65. The highest BCUT2D eigenvalue weighted by atomic mass is 16.3. The van der Waals surface area contributed by atoms with Crippen molar-refractivity contribution in [3.8, 4) is 0 Å². The highest BCUT2D eigenvalue weighted by Crippen LogP contribution is 2.05. The summed E-state index contributed by atoms with van der Waals surface area (Å²) in [5.41, 5.74) is 1.51. The van der Waals surface area contributed by atoms with Crippen molar-refractivity contribution in [2.45, 2.75) is 19.2 Å². The molecule has 0 unspecified atom stereocenters. The molecule has 1 N–H and O–H groups in total. The van der Waals surface area contributed by atoms with Gasteiger partial charge in [0.1, 0.15) is 5.52 Å². The third-order valence-electron chi connectivity index (χ3n) is 3.83. The molecule has 1 heterocycles. The maximum Gasteiger partial charge on any atom is 0.277 e. The van der Waals surface area contributed by atoms with Crippen LogP contribution in [0.25, 0.3) is 10.9 Å². The van der Waals surface area contributed by atoms with Gasteiger partial charge in [-0.05, 0) is 24.7 Å². The van der Waals surface area contributed by atoms with E-state index in [-0.39, 0.29) is 12.1 Å². The molecular weight excluding hydrogens is 304 g/mol. The van der Waals surface area contributed by atoms with Crippen LogP contribution in [0.15, 0.2) is 59.4 Å². The predicted molar refractivity (Wildman–Crippen MR) is 92.6 cm³/mol. The Morgan fingerprint density at radius 1 is 1.12 bits per heavy atom. The summed E-state index contributed by atoms with van der Waals surface area (Å²) in [4.78, 5) is 14.4. The lowest BCUT2D eigenvalue weighted by molar-refractivity contribution is 0.101. The van der Waals surface area contributed by atoms with Gasteiger partial charge < -0.3 is 5.11 Å². The maximum atomic E-state index is 12.4. The van der Waals surface area contributed by atoms with E-state index in [1.807, 2.05) is 48.3 Å².